The number of rotatable bonds is 3. The lowest BCUT2D eigenvalue weighted by molar-refractivity contribution is 0.248. The van der Waals surface area contributed by atoms with E-state index in [0.717, 1.165) is 6.04 Å². The van der Waals surface area contributed by atoms with E-state index in [2.05, 4.69) is 22.9 Å². The van der Waals surface area contributed by atoms with Crippen molar-refractivity contribution in [3.05, 3.63) is 0 Å². The van der Waals surface area contributed by atoms with Gasteiger partial charge in [-0.3, -0.25) is 9.80 Å². The van der Waals surface area contributed by atoms with Crippen molar-refractivity contribution in [2.45, 2.75) is 31.3 Å². The Balaban J connectivity index is 1.80. The minimum Gasteiger partial charge on any atom is -0.299 e. The quantitative estimate of drug-likeness (QED) is 0.597. The van der Waals surface area contributed by atoms with E-state index in [4.69, 9.17) is 5.26 Å². The Morgan fingerprint density at radius 1 is 1.46 bits per heavy atom. The van der Waals surface area contributed by atoms with Crippen molar-refractivity contribution in [1.82, 2.24) is 9.80 Å². The third-order valence-corrected chi connectivity index (χ3v) is 3.20. The lowest BCUT2D eigenvalue weighted by Gasteiger charge is -2.21. The molecule has 1 saturated carbocycles. The Kier molecular flexibility index (Phi) is 2.52. The van der Waals surface area contributed by atoms with Gasteiger partial charge in [-0.25, -0.2) is 0 Å². The number of hydrogen-bond acceptors (Lipinski definition) is 3. The van der Waals surface area contributed by atoms with Crippen LogP contribution in [0.4, 0.5) is 0 Å². The molecular weight excluding hydrogens is 162 g/mol. The van der Waals surface area contributed by atoms with Gasteiger partial charge in [0.15, 0.2) is 0 Å². The molecule has 13 heavy (non-hydrogen) atoms. The summed E-state index contributed by atoms with van der Waals surface area (Å²) in [7, 11) is 2.06. The molecule has 2 aliphatic rings. The first-order chi connectivity index (χ1) is 6.31. The van der Waals surface area contributed by atoms with Crippen LogP contribution >= 0.6 is 0 Å². The van der Waals surface area contributed by atoms with Crippen molar-refractivity contribution in [1.29, 1.82) is 5.26 Å². The maximum absolute atomic E-state index is 8.58. The van der Waals surface area contributed by atoms with E-state index < -0.39 is 0 Å². The van der Waals surface area contributed by atoms with Crippen LogP contribution in [0.5, 0.6) is 0 Å². The van der Waals surface area contributed by atoms with Gasteiger partial charge >= 0.3 is 0 Å². The molecule has 2 rings (SSSR count). The summed E-state index contributed by atoms with van der Waals surface area (Å²) in [6.45, 7) is 3.00. The summed E-state index contributed by atoms with van der Waals surface area (Å²) in [5.74, 6) is 0. The third-order valence-electron chi connectivity index (χ3n) is 3.20. The molecule has 0 amide bonds. The number of nitriles is 1. The lowest BCUT2D eigenvalue weighted by atomic mass is 10.2. The third kappa shape index (κ3) is 2.01. The van der Waals surface area contributed by atoms with Crippen LogP contribution in [0.3, 0.4) is 0 Å². The largest absolute Gasteiger partial charge is 0.299 e. The monoisotopic (exact) mass is 179 g/mol. The first-order valence-electron chi connectivity index (χ1n) is 5.12. The van der Waals surface area contributed by atoms with Gasteiger partial charge in [0.2, 0.25) is 0 Å². The van der Waals surface area contributed by atoms with Gasteiger partial charge in [-0.1, -0.05) is 0 Å². The van der Waals surface area contributed by atoms with Gasteiger partial charge in [0.25, 0.3) is 0 Å². The Hall–Kier alpha value is -0.590. The lowest BCUT2D eigenvalue weighted by Crippen LogP contribution is -2.35. The Morgan fingerprint density at radius 3 is 2.85 bits per heavy atom. The highest BCUT2D eigenvalue weighted by Gasteiger charge is 2.35. The predicted molar refractivity (Wildman–Crippen MR) is 51.2 cm³/mol. The molecule has 0 aromatic heterocycles. The van der Waals surface area contributed by atoms with Crippen molar-refractivity contribution < 1.29 is 0 Å². The van der Waals surface area contributed by atoms with Crippen LogP contribution in [0.25, 0.3) is 0 Å². The molecule has 1 unspecified atom stereocenters. The molecule has 1 heterocycles. The molecule has 72 valence electrons. The van der Waals surface area contributed by atoms with Gasteiger partial charge in [-0.15, -0.1) is 0 Å². The van der Waals surface area contributed by atoms with Gasteiger partial charge in [0, 0.05) is 25.2 Å². The summed E-state index contributed by atoms with van der Waals surface area (Å²) in [5, 5.41) is 8.58. The van der Waals surface area contributed by atoms with Gasteiger partial charge in [0.1, 0.15) is 0 Å². The summed E-state index contributed by atoms with van der Waals surface area (Å²) in [6, 6.07) is 3.73. The fraction of sp³-hybridized carbons (Fsp3) is 0.900. The summed E-state index contributed by atoms with van der Waals surface area (Å²) < 4.78 is 0. The zero-order valence-corrected chi connectivity index (χ0v) is 8.24. The van der Waals surface area contributed by atoms with Crippen molar-refractivity contribution in [3.63, 3.8) is 0 Å². The average Bonchev–Trinajstić information content (AvgIpc) is 2.84. The van der Waals surface area contributed by atoms with Gasteiger partial charge in [-0.05, 0) is 26.3 Å². The van der Waals surface area contributed by atoms with Gasteiger partial charge in [0.05, 0.1) is 12.6 Å². The molecule has 1 atom stereocenters. The SMILES string of the molecule is CN(CC#N)C1CCN(C2CC2)C1. The number of likely N-dealkylation sites (tertiary alicyclic amines) is 1. The molecule has 3 heteroatoms. The van der Waals surface area contributed by atoms with Crippen LogP contribution in [-0.2, 0) is 0 Å². The van der Waals surface area contributed by atoms with E-state index in [0.29, 0.717) is 12.6 Å². The average molecular weight is 179 g/mol. The van der Waals surface area contributed by atoms with E-state index in [-0.39, 0.29) is 0 Å². The van der Waals surface area contributed by atoms with Crippen LogP contribution < -0.4 is 0 Å². The van der Waals surface area contributed by atoms with Gasteiger partial charge in [-0.2, -0.15) is 5.26 Å². The highest BCUT2D eigenvalue weighted by Crippen LogP contribution is 2.30. The molecular formula is C10H17N3. The Morgan fingerprint density at radius 2 is 2.23 bits per heavy atom. The normalized spacial score (nSPS) is 29.5. The fourth-order valence-electron chi connectivity index (χ4n) is 2.14. The number of hydrogen-bond donors (Lipinski definition) is 0. The van der Waals surface area contributed by atoms with Crippen LogP contribution in [0, 0.1) is 11.3 Å². The van der Waals surface area contributed by atoms with Crippen LogP contribution in [0.1, 0.15) is 19.3 Å². The molecule has 0 radical (unpaired) electrons. The molecule has 0 spiro atoms. The summed E-state index contributed by atoms with van der Waals surface area (Å²) >= 11 is 0. The summed E-state index contributed by atoms with van der Waals surface area (Å²) in [5.41, 5.74) is 0. The zero-order chi connectivity index (χ0) is 9.26. The van der Waals surface area contributed by atoms with E-state index in [1.807, 2.05) is 0 Å². The van der Waals surface area contributed by atoms with Crippen LogP contribution in [-0.4, -0.2) is 48.6 Å². The van der Waals surface area contributed by atoms with Crippen molar-refractivity contribution in [3.8, 4) is 6.07 Å². The van der Waals surface area contributed by atoms with Crippen molar-refractivity contribution >= 4 is 0 Å². The van der Waals surface area contributed by atoms with Crippen LogP contribution in [0.15, 0.2) is 0 Å². The minimum atomic E-state index is 0.573. The maximum Gasteiger partial charge on any atom is 0.0866 e. The number of likely N-dealkylation sites (N-methyl/N-ethyl adjacent to an activating group) is 1. The topological polar surface area (TPSA) is 30.3 Å². The van der Waals surface area contributed by atoms with Crippen molar-refractivity contribution in [2.75, 3.05) is 26.7 Å². The first-order valence-corrected chi connectivity index (χ1v) is 5.12. The molecule has 2 fully saturated rings. The van der Waals surface area contributed by atoms with Gasteiger partial charge < -0.3 is 0 Å². The van der Waals surface area contributed by atoms with E-state index in [9.17, 15) is 0 Å². The second-order valence-electron chi connectivity index (χ2n) is 4.24. The van der Waals surface area contributed by atoms with E-state index in [1.54, 1.807) is 0 Å². The first kappa shape index (κ1) is 8.98. The van der Waals surface area contributed by atoms with E-state index >= 15 is 0 Å². The van der Waals surface area contributed by atoms with E-state index in [1.165, 1.54) is 32.4 Å². The Labute approximate surface area is 79.9 Å². The zero-order valence-electron chi connectivity index (χ0n) is 8.24. The van der Waals surface area contributed by atoms with Crippen LogP contribution in [0.2, 0.25) is 0 Å². The van der Waals surface area contributed by atoms with Crippen molar-refractivity contribution in [2.24, 2.45) is 0 Å². The predicted octanol–water partition coefficient (Wildman–Crippen LogP) is 0.678. The summed E-state index contributed by atoms with van der Waals surface area (Å²) in [6.07, 6.45) is 4.04. The second-order valence-corrected chi connectivity index (χ2v) is 4.24. The molecule has 0 bridgehead atoms. The highest BCUT2D eigenvalue weighted by molar-refractivity contribution is 4.93. The molecule has 3 nitrogen and oxygen atoms in total. The molecule has 1 aliphatic carbocycles. The molecule has 1 saturated heterocycles. The number of nitrogens with zero attached hydrogens (tertiary/aromatic N) is 3. The minimum absolute atomic E-state index is 0.573. The molecule has 0 aromatic rings. The smallest absolute Gasteiger partial charge is 0.0866 e. The second kappa shape index (κ2) is 3.65. The standard InChI is InChI=1S/C10H17N3/c1-12(7-5-11)10-4-6-13(8-10)9-2-3-9/h9-10H,2-4,6-8H2,1H3. The maximum atomic E-state index is 8.58. The highest BCUT2D eigenvalue weighted by atomic mass is 15.3. The molecule has 0 aromatic carbocycles. The molecule has 1 aliphatic heterocycles. The fourth-order valence-corrected chi connectivity index (χ4v) is 2.14. The summed E-state index contributed by atoms with van der Waals surface area (Å²) in [4.78, 5) is 4.76. The Bertz CT molecular complexity index is 217. The molecule has 0 N–H and O–H groups in total.